The van der Waals surface area contributed by atoms with E-state index in [4.69, 9.17) is 4.74 Å². The second kappa shape index (κ2) is 58.5. The van der Waals surface area contributed by atoms with E-state index in [1.165, 1.54) is 222 Å². The summed E-state index contributed by atoms with van der Waals surface area (Å²) in [5, 5.41) is 0. The number of hydrogen-bond donors (Lipinski definition) is 0. The summed E-state index contributed by atoms with van der Waals surface area (Å²) in [5.74, 6) is -1.97. The Morgan fingerprint density at radius 1 is 0.192 bits per heavy atom. The number of aryl methyl sites for hydroxylation is 15. The van der Waals surface area contributed by atoms with Crippen LogP contribution in [0.1, 0.15) is 212 Å². The van der Waals surface area contributed by atoms with Gasteiger partial charge in [0.25, 0.3) is 0 Å². The zero-order valence-corrected chi connectivity index (χ0v) is 85.5. The lowest BCUT2D eigenvalue weighted by Gasteiger charge is -2.10. The molecular weight excluding hydrogens is 1840 g/mol. The van der Waals surface area contributed by atoms with E-state index < -0.39 is 30.7 Å². The van der Waals surface area contributed by atoms with Crippen molar-refractivity contribution in [2.45, 2.75) is 235 Å². The molecule has 0 aliphatic rings. The van der Waals surface area contributed by atoms with Crippen LogP contribution in [0.25, 0.3) is 77.9 Å². The largest absolute Gasteiger partial charge is 0.573 e. The minimum atomic E-state index is -4.76. The highest BCUT2D eigenvalue weighted by Crippen LogP contribution is 2.35. The number of unbranched alkanes of at least 4 members (excludes halogenated alkanes) is 16. The van der Waals surface area contributed by atoms with Gasteiger partial charge in [0.1, 0.15) is 52.2 Å². The summed E-state index contributed by atoms with van der Waals surface area (Å²) in [6, 6.07) is 110. The number of rotatable bonds is 42. The number of ether oxygens (including phenoxy) is 2. The Labute approximate surface area is 859 Å². The molecule has 0 spiro atoms. The monoisotopic (exact) mass is 1980 g/mol. The van der Waals surface area contributed by atoms with E-state index in [2.05, 4.69) is 166 Å². The predicted molar refractivity (Wildman–Crippen MR) is 584 cm³/mol. The van der Waals surface area contributed by atoms with Crippen LogP contribution < -0.4 is 9.47 Å². The second-order valence-electron chi connectivity index (χ2n) is 38.6. The minimum absolute atomic E-state index is 0.171. The van der Waals surface area contributed by atoms with Crippen LogP contribution in [0.3, 0.4) is 0 Å². The van der Waals surface area contributed by atoms with Crippen molar-refractivity contribution in [1.82, 2.24) is 0 Å². The molecule has 0 amide bonds. The highest BCUT2D eigenvalue weighted by Gasteiger charge is 2.31. The van der Waals surface area contributed by atoms with Gasteiger partial charge in [-0.3, -0.25) is 0 Å². The molecule has 0 fully saturated rings. The van der Waals surface area contributed by atoms with Crippen LogP contribution in [0.15, 0.2) is 352 Å². The average molecular weight is 1980 g/mol. The van der Waals surface area contributed by atoms with Gasteiger partial charge in [0.15, 0.2) is 0 Å². The van der Waals surface area contributed by atoms with Crippen LogP contribution in [0.2, 0.25) is 0 Å². The third-order valence-electron chi connectivity index (χ3n) is 26.7. The molecule has 0 atom stereocenters. The molecule has 0 aromatic heterocycles. The maximum Gasteiger partial charge on any atom is 0.573 e. The Bertz CT molecular complexity index is 6340. The van der Waals surface area contributed by atoms with Crippen molar-refractivity contribution < 1.29 is 57.8 Å². The Morgan fingerprint density at radius 2 is 0.445 bits per heavy atom. The van der Waals surface area contributed by atoms with Gasteiger partial charge >= 0.3 is 6.36 Å². The van der Waals surface area contributed by atoms with Gasteiger partial charge in [-0.1, -0.05) is 360 Å². The molecule has 758 valence electrons. The maximum atomic E-state index is 14.7. The fraction of sp³-hybridized carbons (Fsp3) is 0.278. The Hall–Kier alpha value is -13.7. The molecule has 0 heterocycles. The van der Waals surface area contributed by atoms with E-state index in [0.717, 1.165) is 170 Å². The smallest absolute Gasteiger partial charge is 0.463 e. The molecule has 0 bridgehead atoms. The highest BCUT2D eigenvalue weighted by molar-refractivity contribution is 5.71. The normalized spacial score (nSPS) is 11.1. The lowest BCUT2D eigenvalue weighted by Crippen LogP contribution is -2.16. The van der Waals surface area contributed by atoms with Gasteiger partial charge in [-0.05, 0) is 364 Å². The van der Waals surface area contributed by atoms with Crippen LogP contribution in [-0.4, -0.2) is 13.2 Å². The third-order valence-corrected chi connectivity index (χ3v) is 26.7. The first-order chi connectivity index (χ1) is 70.7. The van der Waals surface area contributed by atoms with Crippen LogP contribution >= 0.6 is 0 Å². The number of hydrogen-bond acceptors (Lipinski definition) is 2. The maximum absolute atomic E-state index is 14.7. The van der Waals surface area contributed by atoms with Crippen molar-refractivity contribution in [3.8, 4) is 89.4 Å². The van der Waals surface area contributed by atoms with Crippen LogP contribution in [0, 0.1) is 89.2 Å². The van der Waals surface area contributed by atoms with Crippen molar-refractivity contribution >= 4 is 0 Å². The summed E-state index contributed by atoms with van der Waals surface area (Å²) in [6.07, 6.45) is 26.9. The Balaban J connectivity index is 0.000000170. The summed E-state index contributed by atoms with van der Waals surface area (Å²) in [4.78, 5) is 0. The van der Waals surface area contributed by atoms with Crippen LogP contribution in [0.5, 0.6) is 11.5 Å². The van der Waals surface area contributed by atoms with Gasteiger partial charge < -0.3 is 9.47 Å². The van der Waals surface area contributed by atoms with Crippen molar-refractivity contribution in [2.24, 2.45) is 0 Å². The van der Waals surface area contributed by atoms with E-state index in [1.54, 1.807) is 36.4 Å². The highest BCUT2D eigenvalue weighted by atomic mass is 19.4. The first kappa shape index (κ1) is 111. The Kier molecular flexibility index (Phi) is 44.5. The molecule has 16 aromatic carbocycles. The van der Waals surface area contributed by atoms with Crippen molar-refractivity contribution in [1.29, 1.82) is 0 Å². The zero-order chi connectivity index (χ0) is 103. The van der Waals surface area contributed by atoms with E-state index in [9.17, 15) is 48.3 Å². The van der Waals surface area contributed by atoms with Gasteiger partial charge in [-0.15, -0.1) is 13.2 Å². The molecule has 0 saturated heterocycles. The second-order valence-corrected chi connectivity index (χ2v) is 38.6. The summed E-state index contributed by atoms with van der Waals surface area (Å²) in [6.45, 7) is 13.8. The molecule has 0 unspecified atom stereocenters. The van der Waals surface area contributed by atoms with Crippen molar-refractivity contribution in [3.63, 3.8) is 0 Å². The van der Waals surface area contributed by atoms with E-state index in [1.807, 2.05) is 130 Å². The standard InChI is InChI=1S/C35H35F5O.C34H37F.C32H31F3.C25H27FO.C7H7F/c1-25-11-15-28(16-12-25)31-21-13-26(23-33(31)36)9-7-5-3-2-4-6-8-10-27-14-22-32(34(37)24-27)29-17-19-30(20-18-29)41-35(38,39)40;1-25-11-13-30(14-12-25)32-17-15-28(26(2)23-32)9-7-5-4-6-8-10-29-16-18-33(24-27(29)3)31-19-21-34(35)22-20-31;1-23-17-28(19-30(33)18-23)26-13-9-24(10-14-26)7-5-3-2-4-6-8-25-11-15-27(16-12-25)29-20-31(34)22-32(35)21-29;1-20-7-13-23(14-8-20)24-15-9-21(10-16-24)5-3-2-4-6-22-11-17-25(18-12-22)27-19-26;1-6-2-4-7(8)5-3-6/h11-24H,2-10H2,1H3;11-24H,4-10H2,1-3H3;9-22H,2-8H2,1H3;7-18H,2-6,19H2,1H3;2-5H,1H3. The Morgan fingerprint density at radius 3 is 0.781 bits per heavy atom. The molecule has 16 rings (SSSR count). The third kappa shape index (κ3) is 38.4. The molecule has 0 saturated carbocycles. The zero-order valence-electron chi connectivity index (χ0n) is 85.5. The quantitative estimate of drug-likeness (QED) is 0.0280. The number of halogens is 11. The van der Waals surface area contributed by atoms with Gasteiger partial charge in [0, 0.05) is 17.2 Å². The van der Waals surface area contributed by atoms with Crippen molar-refractivity contribution in [3.05, 3.63) is 476 Å². The van der Waals surface area contributed by atoms with Gasteiger partial charge in [-0.25, -0.2) is 35.1 Å². The molecule has 2 nitrogen and oxygen atoms in total. The van der Waals surface area contributed by atoms with Crippen molar-refractivity contribution in [2.75, 3.05) is 6.86 Å². The summed E-state index contributed by atoms with van der Waals surface area (Å²) in [5.41, 5.74) is 31.7. The van der Waals surface area contributed by atoms with Crippen LogP contribution in [0.4, 0.5) is 48.3 Å². The van der Waals surface area contributed by atoms with Crippen LogP contribution in [-0.2, 0) is 51.4 Å². The topological polar surface area (TPSA) is 18.5 Å². The molecular formula is C133H137F11O2. The molecule has 13 heteroatoms. The summed E-state index contributed by atoms with van der Waals surface area (Å²) in [7, 11) is 0. The summed E-state index contributed by atoms with van der Waals surface area (Å²) >= 11 is 0. The molecule has 0 aliphatic carbocycles. The summed E-state index contributed by atoms with van der Waals surface area (Å²) < 4.78 is 153. The minimum Gasteiger partial charge on any atom is -0.463 e. The first-order valence-corrected chi connectivity index (χ1v) is 51.8. The molecule has 0 radical (unpaired) electrons. The van der Waals surface area contributed by atoms with Gasteiger partial charge in [0.2, 0.25) is 6.86 Å². The SMILES string of the molecule is Cc1cc(F)cc(-c2ccc(CCCCCCCc3ccc(-c4cc(F)cc(F)c4)cc3)cc2)c1.Cc1ccc(-c2ccc(CCCCCCCCCc3ccc(-c4ccc(OC(F)(F)F)cc4)c(F)c3)cc2F)cc1.Cc1ccc(-c2ccc(CCCCCCCc3ccc(-c4ccc(F)cc4)cc3C)c(C)c2)cc1.Cc1ccc(-c2ccc(CCCCCc3ccc(OCF)cc3)cc2)cc1.Cc1ccc(F)cc1. The predicted octanol–water partition coefficient (Wildman–Crippen LogP) is 39.4. The fourth-order valence-electron chi connectivity index (χ4n) is 18.2. The molecule has 146 heavy (non-hydrogen) atoms. The molecule has 16 aromatic rings. The van der Waals surface area contributed by atoms with E-state index in [-0.39, 0.29) is 29.0 Å². The van der Waals surface area contributed by atoms with Gasteiger partial charge in [0.05, 0.1) is 0 Å². The number of benzene rings is 16. The van der Waals surface area contributed by atoms with E-state index in [0.29, 0.717) is 28.0 Å². The molecule has 0 N–H and O–H groups in total. The lowest BCUT2D eigenvalue weighted by molar-refractivity contribution is -0.274. The number of alkyl halides is 4. The first-order valence-electron chi connectivity index (χ1n) is 51.8. The fourth-order valence-corrected chi connectivity index (χ4v) is 18.2. The molecule has 0 aliphatic heterocycles. The van der Waals surface area contributed by atoms with Gasteiger partial charge in [-0.2, -0.15) is 0 Å². The lowest BCUT2D eigenvalue weighted by atomic mass is 9.95. The average Bonchev–Trinajstić information content (AvgIpc) is 0.845. The van der Waals surface area contributed by atoms with E-state index >= 15 is 0 Å².